The molecule has 0 spiro atoms. The Balaban J connectivity index is 1.33. The number of likely N-dealkylation sites (N-methyl/N-ethyl adjacent to an activating group) is 1. The van der Waals surface area contributed by atoms with Gasteiger partial charge in [-0.2, -0.15) is 0 Å². The first kappa shape index (κ1) is 18.0. The van der Waals surface area contributed by atoms with Gasteiger partial charge in [0.15, 0.2) is 0 Å². The van der Waals surface area contributed by atoms with Crippen molar-refractivity contribution in [2.45, 2.75) is 26.3 Å². The summed E-state index contributed by atoms with van der Waals surface area (Å²) >= 11 is 0. The molecule has 0 aliphatic carbocycles. The number of fused-ring (bicyclic) bond motifs is 3. The van der Waals surface area contributed by atoms with Gasteiger partial charge in [0.25, 0.3) is 11.8 Å². The number of nitrogens with zero attached hydrogens (tertiary/aromatic N) is 4. The van der Waals surface area contributed by atoms with Crippen LogP contribution < -0.4 is 9.80 Å². The minimum atomic E-state index is -0.118. The van der Waals surface area contributed by atoms with Crippen molar-refractivity contribution in [3.63, 3.8) is 0 Å². The third-order valence-electron chi connectivity index (χ3n) is 6.20. The standard InChI is InChI=1S/C21H28N4O2/c1-15-16(2)21(27)25(20(15)26)10-6-9-23-11-12-24-17(14-23)13-22(3)18-7-4-5-8-19(18)24/h4-5,7-8,17H,6,9-14H2,1-3H3. The highest BCUT2D eigenvalue weighted by Gasteiger charge is 2.35. The molecule has 0 radical (unpaired) electrons. The molecule has 3 aliphatic rings. The van der Waals surface area contributed by atoms with Gasteiger partial charge in [-0.25, -0.2) is 0 Å². The molecule has 4 rings (SSSR count). The number of para-hydroxylation sites is 2. The lowest BCUT2D eigenvalue weighted by atomic mass is 10.0. The van der Waals surface area contributed by atoms with E-state index in [4.69, 9.17) is 0 Å². The van der Waals surface area contributed by atoms with E-state index in [2.05, 4.69) is 46.0 Å². The molecule has 1 fully saturated rings. The first-order chi connectivity index (χ1) is 13.0. The summed E-state index contributed by atoms with van der Waals surface area (Å²) < 4.78 is 0. The molecule has 6 heteroatoms. The fraction of sp³-hybridized carbons (Fsp3) is 0.524. The zero-order chi connectivity index (χ0) is 19.1. The lowest BCUT2D eigenvalue weighted by Gasteiger charge is -2.49. The summed E-state index contributed by atoms with van der Waals surface area (Å²) in [6.45, 7) is 9.02. The fourth-order valence-electron chi connectivity index (χ4n) is 4.51. The third kappa shape index (κ3) is 3.12. The Morgan fingerprint density at radius 3 is 2.30 bits per heavy atom. The molecule has 0 N–H and O–H groups in total. The Labute approximate surface area is 161 Å². The Bertz CT molecular complexity index is 779. The van der Waals surface area contributed by atoms with Gasteiger partial charge in [-0.15, -0.1) is 0 Å². The molecule has 1 aromatic carbocycles. The van der Waals surface area contributed by atoms with E-state index in [0.29, 0.717) is 23.7 Å². The monoisotopic (exact) mass is 368 g/mol. The first-order valence-electron chi connectivity index (χ1n) is 9.80. The van der Waals surface area contributed by atoms with E-state index in [1.807, 2.05) is 0 Å². The Morgan fingerprint density at radius 1 is 0.926 bits per heavy atom. The van der Waals surface area contributed by atoms with E-state index in [9.17, 15) is 9.59 Å². The highest BCUT2D eigenvalue weighted by atomic mass is 16.2. The molecule has 6 nitrogen and oxygen atoms in total. The number of imide groups is 1. The van der Waals surface area contributed by atoms with Gasteiger partial charge in [0.05, 0.1) is 17.4 Å². The summed E-state index contributed by atoms with van der Waals surface area (Å²) in [5, 5.41) is 0. The second-order valence-corrected chi connectivity index (χ2v) is 7.88. The van der Waals surface area contributed by atoms with Crippen molar-refractivity contribution in [2.75, 3.05) is 56.1 Å². The molecule has 1 unspecified atom stereocenters. The average molecular weight is 368 g/mol. The Morgan fingerprint density at radius 2 is 1.59 bits per heavy atom. The average Bonchev–Trinajstić information content (AvgIpc) is 2.86. The number of piperazine rings is 1. The quantitative estimate of drug-likeness (QED) is 0.758. The third-order valence-corrected chi connectivity index (χ3v) is 6.20. The van der Waals surface area contributed by atoms with Crippen LogP contribution in [-0.4, -0.2) is 74.0 Å². The molecule has 3 aliphatic heterocycles. The van der Waals surface area contributed by atoms with Crippen LogP contribution in [0.15, 0.2) is 35.4 Å². The molecule has 1 atom stereocenters. The van der Waals surface area contributed by atoms with Crippen LogP contribution >= 0.6 is 0 Å². The predicted molar refractivity (Wildman–Crippen MR) is 107 cm³/mol. The molecule has 1 aromatic rings. The van der Waals surface area contributed by atoms with Gasteiger partial charge < -0.3 is 9.80 Å². The molecule has 27 heavy (non-hydrogen) atoms. The van der Waals surface area contributed by atoms with E-state index in [-0.39, 0.29) is 11.8 Å². The topological polar surface area (TPSA) is 47.1 Å². The minimum absolute atomic E-state index is 0.118. The molecular weight excluding hydrogens is 340 g/mol. The first-order valence-corrected chi connectivity index (χ1v) is 9.80. The van der Waals surface area contributed by atoms with Gasteiger partial charge in [-0.05, 0) is 38.9 Å². The minimum Gasteiger partial charge on any atom is -0.371 e. The molecular formula is C21H28N4O2. The van der Waals surface area contributed by atoms with Crippen molar-refractivity contribution in [1.29, 1.82) is 0 Å². The number of amides is 2. The number of hydrogen-bond acceptors (Lipinski definition) is 5. The van der Waals surface area contributed by atoms with Gasteiger partial charge in [0.2, 0.25) is 0 Å². The van der Waals surface area contributed by atoms with Crippen LogP contribution in [0.2, 0.25) is 0 Å². The van der Waals surface area contributed by atoms with Gasteiger partial charge in [0.1, 0.15) is 0 Å². The van der Waals surface area contributed by atoms with Crippen LogP contribution in [0.4, 0.5) is 11.4 Å². The van der Waals surface area contributed by atoms with Crippen molar-refractivity contribution < 1.29 is 9.59 Å². The van der Waals surface area contributed by atoms with E-state index >= 15 is 0 Å². The van der Waals surface area contributed by atoms with Crippen LogP contribution in [-0.2, 0) is 9.59 Å². The summed E-state index contributed by atoms with van der Waals surface area (Å²) in [6.07, 6.45) is 0.831. The van der Waals surface area contributed by atoms with Crippen molar-refractivity contribution in [2.24, 2.45) is 0 Å². The van der Waals surface area contributed by atoms with Crippen molar-refractivity contribution in [3.05, 3.63) is 35.4 Å². The molecule has 2 amide bonds. The highest BCUT2D eigenvalue weighted by Crippen LogP contribution is 2.35. The van der Waals surface area contributed by atoms with Crippen molar-refractivity contribution in [3.8, 4) is 0 Å². The zero-order valence-corrected chi connectivity index (χ0v) is 16.4. The summed E-state index contributed by atoms with van der Waals surface area (Å²) in [4.78, 5) is 33.1. The molecule has 0 bridgehead atoms. The van der Waals surface area contributed by atoms with Crippen LogP contribution in [0.25, 0.3) is 0 Å². The fourth-order valence-corrected chi connectivity index (χ4v) is 4.51. The smallest absolute Gasteiger partial charge is 0.256 e. The number of carbonyl (C=O) groups excluding carboxylic acids is 2. The summed E-state index contributed by atoms with van der Waals surface area (Å²) in [6, 6.07) is 9.12. The molecule has 0 aromatic heterocycles. The van der Waals surface area contributed by atoms with Crippen LogP contribution in [0.3, 0.4) is 0 Å². The maximum atomic E-state index is 12.2. The zero-order valence-electron chi connectivity index (χ0n) is 16.4. The predicted octanol–water partition coefficient (Wildman–Crippen LogP) is 1.72. The maximum absolute atomic E-state index is 12.2. The number of hydrogen-bond donors (Lipinski definition) is 0. The molecule has 3 heterocycles. The number of rotatable bonds is 4. The van der Waals surface area contributed by atoms with Crippen LogP contribution in [0.1, 0.15) is 20.3 Å². The van der Waals surface area contributed by atoms with Crippen molar-refractivity contribution in [1.82, 2.24) is 9.80 Å². The van der Waals surface area contributed by atoms with E-state index in [1.165, 1.54) is 16.3 Å². The van der Waals surface area contributed by atoms with E-state index in [0.717, 1.165) is 39.1 Å². The summed E-state index contributed by atoms with van der Waals surface area (Å²) in [5.41, 5.74) is 3.84. The second-order valence-electron chi connectivity index (χ2n) is 7.88. The van der Waals surface area contributed by atoms with Gasteiger partial charge in [0, 0.05) is 50.9 Å². The number of carbonyl (C=O) groups is 2. The van der Waals surface area contributed by atoms with Crippen molar-refractivity contribution >= 4 is 23.2 Å². The van der Waals surface area contributed by atoms with E-state index in [1.54, 1.807) is 13.8 Å². The Kier molecular flexibility index (Phi) is 4.68. The largest absolute Gasteiger partial charge is 0.371 e. The Hall–Kier alpha value is -2.34. The second kappa shape index (κ2) is 7.00. The lowest BCUT2D eigenvalue weighted by Crippen LogP contribution is -2.59. The van der Waals surface area contributed by atoms with Crippen LogP contribution in [0, 0.1) is 0 Å². The summed E-state index contributed by atoms with van der Waals surface area (Å²) in [5.74, 6) is -0.235. The highest BCUT2D eigenvalue weighted by molar-refractivity contribution is 6.18. The van der Waals surface area contributed by atoms with Gasteiger partial charge in [-0.1, -0.05) is 12.1 Å². The number of anilines is 2. The number of benzene rings is 1. The maximum Gasteiger partial charge on any atom is 0.256 e. The van der Waals surface area contributed by atoms with E-state index < -0.39 is 0 Å². The molecule has 1 saturated heterocycles. The summed E-state index contributed by atoms with van der Waals surface area (Å²) in [7, 11) is 2.16. The lowest BCUT2D eigenvalue weighted by molar-refractivity contribution is -0.137. The van der Waals surface area contributed by atoms with Gasteiger partial charge in [-0.3, -0.25) is 19.4 Å². The molecule has 0 saturated carbocycles. The van der Waals surface area contributed by atoms with Gasteiger partial charge >= 0.3 is 0 Å². The molecule has 144 valence electrons. The SMILES string of the molecule is CC1=C(C)C(=O)N(CCCN2CCN3c4ccccc4N(C)CC3C2)C1=O. The van der Waals surface area contributed by atoms with Crippen LogP contribution in [0.5, 0.6) is 0 Å². The normalized spacial score (nSPS) is 23.2.